The Morgan fingerprint density at radius 3 is 2.87 bits per heavy atom. The van der Waals surface area contributed by atoms with Crippen molar-refractivity contribution in [2.45, 2.75) is 5.38 Å². The molecule has 0 amide bonds. The molecule has 0 radical (unpaired) electrons. The van der Waals surface area contributed by atoms with Crippen LogP contribution in [0.3, 0.4) is 0 Å². The minimum atomic E-state index is -1.22. The van der Waals surface area contributed by atoms with Gasteiger partial charge in [-0.2, -0.15) is 0 Å². The molecule has 1 rings (SSSR count). The molecule has 1 aromatic carbocycles. The van der Waals surface area contributed by atoms with E-state index in [-0.39, 0.29) is 17.4 Å². The Morgan fingerprint density at radius 1 is 1.60 bits per heavy atom. The van der Waals surface area contributed by atoms with Crippen LogP contribution in [-0.2, 0) is 4.79 Å². The number of hydrogen-bond donors (Lipinski definition) is 1. The van der Waals surface area contributed by atoms with Crippen molar-refractivity contribution in [3.8, 4) is 5.75 Å². The molecule has 1 unspecified atom stereocenters. The highest BCUT2D eigenvalue weighted by atomic mass is 35.5. The van der Waals surface area contributed by atoms with E-state index in [0.29, 0.717) is 0 Å². The lowest BCUT2D eigenvalue weighted by Gasteiger charge is -2.09. The summed E-state index contributed by atoms with van der Waals surface area (Å²) in [7, 11) is 0. The first-order chi connectivity index (χ1) is 7.02. The molecule has 0 heterocycles. The highest BCUT2D eigenvalue weighted by molar-refractivity contribution is 6.31. The maximum atomic E-state index is 13.2. The van der Waals surface area contributed by atoms with Crippen LogP contribution in [0.5, 0.6) is 5.75 Å². The molecule has 0 bridgehead atoms. The number of ether oxygens (including phenoxy) is 1. The van der Waals surface area contributed by atoms with Crippen molar-refractivity contribution in [3.63, 3.8) is 0 Å². The molecule has 6 heteroatoms. The van der Waals surface area contributed by atoms with E-state index in [1.807, 2.05) is 0 Å². The van der Waals surface area contributed by atoms with Gasteiger partial charge in [0.15, 0.2) is 16.9 Å². The average Bonchev–Trinajstić information content (AvgIpc) is 2.19. The highest BCUT2D eigenvalue weighted by Gasteiger charge is 2.16. The van der Waals surface area contributed by atoms with Crippen molar-refractivity contribution in [1.29, 1.82) is 0 Å². The molecule has 0 aliphatic rings. The van der Waals surface area contributed by atoms with Gasteiger partial charge >= 0.3 is 5.97 Å². The Bertz CT molecular complexity index is 370. The van der Waals surface area contributed by atoms with E-state index in [1.54, 1.807) is 0 Å². The fraction of sp³-hybridized carbons (Fsp3) is 0.222. The third kappa shape index (κ3) is 3.25. The minimum absolute atomic E-state index is 0.0889. The van der Waals surface area contributed by atoms with Crippen LogP contribution < -0.4 is 4.74 Å². The van der Waals surface area contributed by atoms with Gasteiger partial charge in [-0.3, -0.25) is 4.79 Å². The second-order valence-corrected chi connectivity index (χ2v) is 3.60. The Labute approximate surface area is 95.4 Å². The fourth-order valence-electron chi connectivity index (χ4n) is 0.830. The van der Waals surface area contributed by atoms with E-state index >= 15 is 0 Å². The molecule has 0 aliphatic heterocycles. The molecule has 0 saturated carbocycles. The fourth-order valence-corrected chi connectivity index (χ4v) is 1.06. The second-order valence-electron chi connectivity index (χ2n) is 2.67. The maximum absolute atomic E-state index is 13.2. The minimum Gasteiger partial charge on any atom is -0.488 e. The van der Waals surface area contributed by atoms with E-state index in [1.165, 1.54) is 18.2 Å². The van der Waals surface area contributed by atoms with Crippen molar-refractivity contribution >= 4 is 29.2 Å². The summed E-state index contributed by atoms with van der Waals surface area (Å²) in [4.78, 5) is 10.3. The summed E-state index contributed by atoms with van der Waals surface area (Å²) in [6, 6.07) is 4.19. The van der Waals surface area contributed by atoms with Crippen LogP contribution in [0.4, 0.5) is 4.39 Å². The summed E-state index contributed by atoms with van der Waals surface area (Å²) in [6.07, 6.45) is 0. The molecule has 15 heavy (non-hydrogen) atoms. The molecule has 0 saturated heterocycles. The SMILES string of the molecule is O=C(O)C(Cl)COc1cccc(Cl)c1F. The van der Waals surface area contributed by atoms with Crippen LogP contribution in [0.15, 0.2) is 18.2 Å². The van der Waals surface area contributed by atoms with Crippen molar-refractivity contribution in [3.05, 3.63) is 29.0 Å². The molecule has 0 fully saturated rings. The Balaban J connectivity index is 2.66. The van der Waals surface area contributed by atoms with Gasteiger partial charge in [0.05, 0.1) is 5.02 Å². The third-order valence-corrected chi connectivity index (χ3v) is 2.17. The maximum Gasteiger partial charge on any atom is 0.325 e. The van der Waals surface area contributed by atoms with Gasteiger partial charge in [0.1, 0.15) is 6.61 Å². The van der Waals surface area contributed by atoms with Gasteiger partial charge in [0, 0.05) is 0 Å². The molecular formula is C9H7Cl2FO3. The normalized spacial score (nSPS) is 12.2. The quantitative estimate of drug-likeness (QED) is 0.838. The van der Waals surface area contributed by atoms with Crippen molar-refractivity contribution in [1.82, 2.24) is 0 Å². The molecule has 82 valence electrons. The Kier molecular flexibility index (Phi) is 4.17. The van der Waals surface area contributed by atoms with E-state index < -0.39 is 17.2 Å². The smallest absolute Gasteiger partial charge is 0.325 e. The number of alkyl halides is 1. The summed E-state index contributed by atoms with van der Waals surface area (Å²) < 4.78 is 18.1. The second kappa shape index (κ2) is 5.19. The third-order valence-electron chi connectivity index (χ3n) is 1.57. The average molecular weight is 253 g/mol. The largest absolute Gasteiger partial charge is 0.488 e. The number of halogens is 3. The van der Waals surface area contributed by atoms with E-state index in [0.717, 1.165) is 0 Å². The number of carboxylic acid groups (broad SMARTS) is 1. The van der Waals surface area contributed by atoms with E-state index in [4.69, 9.17) is 33.0 Å². The predicted molar refractivity (Wildman–Crippen MR) is 54.2 cm³/mol. The van der Waals surface area contributed by atoms with Crippen LogP contribution in [0, 0.1) is 5.82 Å². The zero-order valence-corrected chi connectivity index (χ0v) is 8.93. The number of carbonyl (C=O) groups is 1. The number of aliphatic carboxylic acids is 1. The molecule has 1 N–H and O–H groups in total. The number of hydrogen-bond acceptors (Lipinski definition) is 2. The lowest BCUT2D eigenvalue weighted by atomic mass is 10.3. The van der Waals surface area contributed by atoms with Gasteiger partial charge in [-0.15, -0.1) is 11.6 Å². The summed E-state index contributed by atoms with van der Waals surface area (Å²) in [5, 5.41) is 7.14. The molecular weight excluding hydrogens is 246 g/mol. The lowest BCUT2D eigenvalue weighted by Crippen LogP contribution is -2.21. The highest BCUT2D eigenvalue weighted by Crippen LogP contribution is 2.24. The van der Waals surface area contributed by atoms with Crippen LogP contribution in [-0.4, -0.2) is 23.1 Å². The predicted octanol–water partition coefficient (Wildman–Crippen LogP) is 2.55. The standard InChI is InChI=1S/C9H7Cl2FO3/c10-5-2-1-3-7(8(5)12)15-4-6(11)9(13)14/h1-3,6H,4H2,(H,13,14). The van der Waals surface area contributed by atoms with Crippen LogP contribution in [0.1, 0.15) is 0 Å². The van der Waals surface area contributed by atoms with Crippen molar-refractivity contribution < 1.29 is 19.0 Å². The van der Waals surface area contributed by atoms with E-state index in [9.17, 15) is 9.18 Å². The van der Waals surface area contributed by atoms with Gasteiger partial charge in [0.25, 0.3) is 0 Å². The summed E-state index contributed by atoms with van der Waals surface area (Å²) in [6.45, 7) is -0.325. The van der Waals surface area contributed by atoms with Gasteiger partial charge in [-0.1, -0.05) is 17.7 Å². The van der Waals surface area contributed by atoms with Crippen LogP contribution in [0.25, 0.3) is 0 Å². The van der Waals surface area contributed by atoms with Gasteiger partial charge in [0.2, 0.25) is 0 Å². The van der Waals surface area contributed by atoms with E-state index in [2.05, 4.69) is 0 Å². The Hall–Kier alpha value is -1.00. The molecule has 1 atom stereocenters. The molecule has 0 aromatic heterocycles. The first kappa shape index (κ1) is 12.1. The van der Waals surface area contributed by atoms with Crippen LogP contribution in [0.2, 0.25) is 5.02 Å². The zero-order valence-electron chi connectivity index (χ0n) is 7.41. The topological polar surface area (TPSA) is 46.5 Å². The van der Waals surface area contributed by atoms with Gasteiger partial charge in [-0.25, -0.2) is 4.39 Å². The number of carboxylic acids is 1. The first-order valence-corrected chi connectivity index (χ1v) is 4.77. The molecule has 0 spiro atoms. The van der Waals surface area contributed by atoms with Gasteiger partial charge < -0.3 is 9.84 Å². The van der Waals surface area contributed by atoms with Crippen molar-refractivity contribution in [2.24, 2.45) is 0 Å². The monoisotopic (exact) mass is 252 g/mol. The summed E-state index contributed by atoms with van der Waals surface area (Å²) in [5.41, 5.74) is 0. The van der Waals surface area contributed by atoms with Gasteiger partial charge in [-0.05, 0) is 12.1 Å². The Morgan fingerprint density at radius 2 is 2.27 bits per heavy atom. The van der Waals surface area contributed by atoms with Crippen LogP contribution >= 0.6 is 23.2 Å². The first-order valence-electron chi connectivity index (χ1n) is 3.96. The number of rotatable bonds is 4. The summed E-state index contributed by atoms with van der Waals surface area (Å²) >= 11 is 10.9. The molecule has 0 aliphatic carbocycles. The van der Waals surface area contributed by atoms with Crippen molar-refractivity contribution in [2.75, 3.05) is 6.61 Å². The molecule has 3 nitrogen and oxygen atoms in total. The molecule has 1 aromatic rings. The zero-order chi connectivity index (χ0) is 11.4. The number of benzene rings is 1. The lowest BCUT2D eigenvalue weighted by molar-refractivity contribution is -0.137. The summed E-state index contributed by atoms with van der Waals surface area (Å²) in [5.74, 6) is -2.07.